The Bertz CT molecular complexity index is 698. The first kappa shape index (κ1) is 12.5. The molecule has 2 N–H and O–H groups in total. The zero-order valence-electron chi connectivity index (χ0n) is 10.3. The van der Waals surface area contributed by atoms with Gasteiger partial charge < -0.3 is 14.5 Å². The third-order valence-electron chi connectivity index (χ3n) is 2.76. The van der Waals surface area contributed by atoms with E-state index in [1.807, 2.05) is 6.07 Å². The summed E-state index contributed by atoms with van der Waals surface area (Å²) in [5.74, 6) is 0.691. The number of benzene rings is 1. The van der Waals surface area contributed by atoms with E-state index in [9.17, 15) is 0 Å². The fourth-order valence-corrected chi connectivity index (χ4v) is 1.73. The standard InChI is InChI=1S/C13H10BN3O3/c18-14(19)10-6-4-9(5-7-10)12-16-17-13(20-12)11-3-1-2-8-15-11/h1-8,18-19H. The van der Waals surface area contributed by atoms with Crippen molar-refractivity contribution >= 4 is 12.6 Å². The fourth-order valence-electron chi connectivity index (χ4n) is 1.73. The highest BCUT2D eigenvalue weighted by Gasteiger charge is 2.13. The van der Waals surface area contributed by atoms with Crippen molar-refractivity contribution in [3.63, 3.8) is 0 Å². The summed E-state index contributed by atoms with van der Waals surface area (Å²) < 4.78 is 5.55. The lowest BCUT2D eigenvalue weighted by Crippen LogP contribution is -2.29. The normalized spacial score (nSPS) is 10.5. The van der Waals surface area contributed by atoms with Gasteiger partial charge in [0.05, 0.1) is 0 Å². The van der Waals surface area contributed by atoms with Crippen LogP contribution < -0.4 is 5.46 Å². The van der Waals surface area contributed by atoms with Gasteiger partial charge in [0.1, 0.15) is 5.69 Å². The molecular formula is C13H10BN3O3. The molecule has 0 aliphatic carbocycles. The highest BCUT2D eigenvalue weighted by molar-refractivity contribution is 6.58. The van der Waals surface area contributed by atoms with Crippen LogP contribution in [0, 0.1) is 0 Å². The largest absolute Gasteiger partial charge is 0.488 e. The van der Waals surface area contributed by atoms with Gasteiger partial charge in [-0.3, -0.25) is 4.98 Å². The molecule has 0 saturated carbocycles. The third-order valence-corrected chi connectivity index (χ3v) is 2.76. The fraction of sp³-hybridized carbons (Fsp3) is 0. The minimum atomic E-state index is -1.49. The molecule has 2 aromatic heterocycles. The molecule has 3 rings (SSSR count). The van der Waals surface area contributed by atoms with E-state index in [1.54, 1.807) is 42.6 Å². The van der Waals surface area contributed by atoms with Crippen molar-refractivity contribution in [2.45, 2.75) is 0 Å². The second-order valence-corrected chi connectivity index (χ2v) is 4.12. The lowest BCUT2D eigenvalue weighted by atomic mass is 9.80. The van der Waals surface area contributed by atoms with E-state index in [4.69, 9.17) is 14.5 Å². The van der Waals surface area contributed by atoms with Crippen molar-refractivity contribution < 1.29 is 14.5 Å². The van der Waals surface area contributed by atoms with Gasteiger partial charge in [-0.2, -0.15) is 0 Å². The smallest absolute Gasteiger partial charge is 0.423 e. The van der Waals surface area contributed by atoms with Gasteiger partial charge in [0.2, 0.25) is 5.89 Å². The summed E-state index contributed by atoms with van der Waals surface area (Å²) >= 11 is 0. The summed E-state index contributed by atoms with van der Waals surface area (Å²) in [6, 6.07) is 12.0. The van der Waals surface area contributed by atoms with Crippen LogP contribution in [0.5, 0.6) is 0 Å². The first-order valence-corrected chi connectivity index (χ1v) is 5.95. The predicted octanol–water partition coefficient (Wildman–Crippen LogP) is 0.478. The highest BCUT2D eigenvalue weighted by Crippen LogP contribution is 2.21. The number of hydrogen-bond acceptors (Lipinski definition) is 6. The summed E-state index contributed by atoms with van der Waals surface area (Å²) in [6.45, 7) is 0. The number of pyridine rings is 1. The Morgan fingerprint density at radius 3 is 2.30 bits per heavy atom. The van der Waals surface area contributed by atoms with Gasteiger partial charge in [0, 0.05) is 11.8 Å². The first-order valence-electron chi connectivity index (χ1n) is 5.95. The van der Waals surface area contributed by atoms with Gasteiger partial charge in [-0.25, -0.2) is 0 Å². The molecule has 0 aliphatic heterocycles. The van der Waals surface area contributed by atoms with Gasteiger partial charge in [-0.05, 0) is 29.7 Å². The second kappa shape index (κ2) is 5.24. The van der Waals surface area contributed by atoms with E-state index in [2.05, 4.69) is 15.2 Å². The molecule has 0 atom stereocenters. The molecule has 0 radical (unpaired) electrons. The maximum atomic E-state index is 9.03. The van der Waals surface area contributed by atoms with Crippen LogP contribution in [0.3, 0.4) is 0 Å². The molecule has 20 heavy (non-hydrogen) atoms. The quantitative estimate of drug-likeness (QED) is 0.670. The first-order chi connectivity index (χ1) is 9.74. The molecular weight excluding hydrogens is 257 g/mol. The van der Waals surface area contributed by atoms with Crippen molar-refractivity contribution in [3.05, 3.63) is 48.7 Å². The van der Waals surface area contributed by atoms with Crippen molar-refractivity contribution in [2.24, 2.45) is 0 Å². The molecule has 1 aromatic carbocycles. The van der Waals surface area contributed by atoms with Gasteiger partial charge in [0.25, 0.3) is 5.89 Å². The van der Waals surface area contributed by atoms with Gasteiger partial charge in [-0.15, -0.1) is 10.2 Å². The predicted molar refractivity (Wildman–Crippen MR) is 72.8 cm³/mol. The maximum absolute atomic E-state index is 9.03. The van der Waals surface area contributed by atoms with Crippen LogP contribution in [0.4, 0.5) is 0 Å². The third kappa shape index (κ3) is 2.44. The summed E-state index contributed by atoms with van der Waals surface area (Å²) in [4.78, 5) is 4.13. The van der Waals surface area contributed by atoms with E-state index in [0.717, 1.165) is 0 Å². The molecule has 0 amide bonds. The van der Waals surface area contributed by atoms with Crippen LogP contribution in [0.1, 0.15) is 0 Å². The molecule has 7 heteroatoms. The molecule has 3 aromatic rings. The number of hydrogen-bond donors (Lipinski definition) is 2. The minimum Gasteiger partial charge on any atom is -0.423 e. The summed E-state index contributed by atoms with van der Waals surface area (Å²) in [5.41, 5.74) is 1.70. The number of nitrogens with zero attached hydrogens (tertiary/aromatic N) is 3. The highest BCUT2D eigenvalue weighted by atomic mass is 16.4. The number of rotatable bonds is 3. The monoisotopic (exact) mass is 267 g/mol. The SMILES string of the molecule is OB(O)c1ccc(-c2nnc(-c3ccccn3)o2)cc1. The molecule has 6 nitrogen and oxygen atoms in total. The van der Waals surface area contributed by atoms with Gasteiger partial charge >= 0.3 is 7.12 Å². The Balaban J connectivity index is 1.90. The zero-order valence-corrected chi connectivity index (χ0v) is 10.3. The van der Waals surface area contributed by atoms with Crippen LogP contribution in [-0.2, 0) is 0 Å². The van der Waals surface area contributed by atoms with Crippen LogP contribution in [-0.4, -0.2) is 32.3 Å². The van der Waals surface area contributed by atoms with E-state index >= 15 is 0 Å². The molecule has 0 fully saturated rings. The Hall–Kier alpha value is -2.51. The molecule has 2 heterocycles. The Morgan fingerprint density at radius 2 is 1.65 bits per heavy atom. The average Bonchev–Trinajstić information content (AvgIpc) is 2.98. The summed E-state index contributed by atoms with van der Waals surface area (Å²) in [5, 5.41) is 26.0. The molecule has 0 aliphatic rings. The average molecular weight is 267 g/mol. The lowest BCUT2D eigenvalue weighted by Gasteiger charge is -1.99. The lowest BCUT2D eigenvalue weighted by molar-refractivity contribution is 0.426. The molecule has 98 valence electrons. The van der Waals surface area contributed by atoms with Crippen LogP contribution in [0.25, 0.3) is 23.0 Å². The molecule has 0 saturated heterocycles. The number of aromatic nitrogens is 3. The van der Waals surface area contributed by atoms with Crippen LogP contribution >= 0.6 is 0 Å². The molecule has 0 unspecified atom stereocenters. The van der Waals surface area contributed by atoms with Crippen LogP contribution in [0.15, 0.2) is 53.1 Å². The van der Waals surface area contributed by atoms with Crippen molar-refractivity contribution in [1.29, 1.82) is 0 Å². The van der Waals surface area contributed by atoms with Crippen molar-refractivity contribution in [3.8, 4) is 23.0 Å². The summed E-state index contributed by atoms with van der Waals surface area (Å²) in [6.07, 6.45) is 1.65. The Labute approximate surface area is 114 Å². The molecule has 0 bridgehead atoms. The summed E-state index contributed by atoms with van der Waals surface area (Å²) in [7, 11) is -1.49. The Morgan fingerprint density at radius 1 is 0.900 bits per heavy atom. The van der Waals surface area contributed by atoms with Crippen LogP contribution in [0.2, 0.25) is 0 Å². The van der Waals surface area contributed by atoms with E-state index < -0.39 is 7.12 Å². The van der Waals surface area contributed by atoms with E-state index in [0.29, 0.717) is 28.5 Å². The maximum Gasteiger partial charge on any atom is 0.488 e. The second-order valence-electron chi connectivity index (χ2n) is 4.12. The van der Waals surface area contributed by atoms with E-state index in [-0.39, 0.29) is 0 Å². The minimum absolute atomic E-state index is 0.340. The van der Waals surface area contributed by atoms with E-state index in [1.165, 1.54) is 0 Å². The molecule has 0 spiro atoms. The Kier molecular flexibility index (Phi) is 3.28. The van der Waals surface area contributed by atoms with Gasteiger partial charge in [0.15, 0.2) is 0 Å². The van der Waals surface area contributed by atoms with Crippen molar-refractivity contribution in [1.82, 2.24) is 15.2 Å². The van der Waals surface area contributed by atoms with Crippen molar-refractivity contribution in [2.75, 3.05) is 0 Å². The van der Waals surface area contributed by atoms with Gasteiger partial charge in [-0.1, -0.05) is 18.2 Å². The zero-order chi connectivity index (χ0) is 13.9. The topological polar surface area (TPSA) is 92.3 Å².